The lowest BCUT2D eigenvalue weighted by molar-refractivity contribution is 0.194. The van der Waals surface area contributed by atoms with Gasteiger partial charge in [0.2, 0.25) is 0 Å². The Balaban J connectivity index is 2.11. The summed E-state index contributed by atoms with van der Waals surface area (Å²) in [4.78, 5) is 2.94. The van der Waals surface area contributed by atoms with Crippen LogP contribution < -0.4 is 5.32 Å². The van der Waals surface area contributed by atoms with Crippen LogP contribution in [0.2, 0.25) is 4.34 Å². The Kier molecular flexibility index (Phi) is 5.14. The molecule has 1 atom stereocenters. The molecule has 1 aliphatic heterocycles. The number of hydrogen-bond acceptors (Lipinski definition) is 3. The molecule has 0 amide bonds. The third kappa shape index (κ3) is 3.21. The molecular formula is C15H14BrClF2N2S. The predicted octanol–water partition coefficient (Wildman–Crippen LogP) is 4.44. The zero-order valence-electron chi connectivity index (χ0n) is 11.6. The first-order chi connectivity index (χ1) is 10.6. The van der Waals surface area contributed by atoms with Crippen LogP contribution in [0.25, 0.3) is 0 Å². The Morgan fingerprint density at radius 3 is 2.55 bits per heavy atom. The minimum atomic E-state index is -0.548. The summed E-state index contributed by atoms with van der Waals surface area (Å²) in [6, 6.07) is 5.85. The normalized spacial score (nSPS) is 17.6. The molecule has 0 saturated carbocycles. The summed E-state index contributed by atoms with van der Waals surface area (Å²) >= 11 is 10.6. The lowest BCUT2D eigenvalue weighted by Gasteiger charge is -2.35. The standard InChI is InChI=1S/C15H14BrClF2N2S/c16-9-1-2-10(18)13(14(9)19)15(11-3-4-12(17)22-11)21-7-5-20-6-8-21/h1-4,15,20H,5-8H2/t15-/m0/s1. The Hall–Kier alpha value is -0.530. The molecular weight excluding hydrogens is 394 g/mol. The average Bonchev–Trinajstić information content (AvgIpc) is 2.94. The lowest BCUT2D eigenvalue weighted by Crippen LogP contribution is -2.45. The number of nitrogens with one attached hydrogen (secondary N) is 1. The Morgan fingerprint density at radius 1 is 1.18 bits per heavy atom. The van der Waals surface area contributed by atoms with Crippen molar-refractivity contribution in [3.8, 4) is 0 Å². The average molecular weight is 408 g/mol. The van der Waals surface area contributed by atoms with Crippen molar-refractivity contribution >= 4 is 38.9 Å². The Bertz CT molecular complexity index is 674. The first-order valence-corrected chi connectivity index (χ1v) is 8.90. The molecule has 1 saturated heterocycles. The van der Waals surface area contributed by atoms with Gasteiger partial charge in [0.25, 0.3) is 0 Å². The van der Waals surface area contributed by atoms with Crippen LogP contribution in [0, 0.1) is 11.6 Å². The molecule has 1 N–H and O–H groups in total. The predicted molar refractivity (Wildman–Crippen MR) is 89.7 cm³/mol. The van der Waals surface area contributed by atoms with Crippen molar-refractivity contribution in [3.05, 3.63) is 55.1 Å². The van der Waals surface area contributed by atoms with E-state index in [0.29, 0.717) is 4.34 Å². The fourth-order valence-corrected chi connectivity index (χ4v) is 4.27. The van der Waals surface area contributed by atoms with E-state index < -0.39 is 17.7 Å². The van der Waals surface area contributed by atoms with Crippen molar-refractivity contribution in [3.63, 3.8) is 0 Å². The third-order valence-electron chi connectivity index (χ3n) is 3.73. The number of rotatable bonds is 3. The van der Waals surface area contributed by atoms with Gasteiger partial charge in [-0.1, -0.05) is 11.6 Å². The molecule has 2 aromatic rings. The van der Waals surface area contributed by atoms with E-state index in [-0.39, 0.29) is 10.0 Å². The summed E-state index contributed by atoms with van der Waals surface area (Å²) in [7, 11) is 0. The highest BCUT2D eigenvalue weighted by Gasteiger charge is 2.30. The smallest absolute Gasteiger partial charge is 0.145 e. The van der Waals surface area contributed by atoms with E-state index in [9.17, 15) is 8.78 Å². The summed E-state index contributed by atoms with van der Waals surface area (Å²) < 4.78 is 29.9. The van der Waals surface area contributed by atoms with Gasteiger partial charge in [0.15, 0.2) is 0 Å². The van der Waals surface area contributed by atoms with Crippen molar-refractivity contribution < 1.29 is 8.78 Å². The van der Waals surface area contributed by atoms with Gasteiger partial charge in [0.1, 0.15) is 11.6 Å². The van der Waals surface area contributed by atoms with Crippen molar-refractivity contribution in [2.45, 2.75) is 6.04 Å². The molecule has 0 unspecified atom stereocenters. The second-order valence-electron chi connectivity index (χ2n) is 5.09. The maximum Gasteiger partial charge on any atom is 0.145 e. The molecule has 3 rings (SSSR count). The van der Waals surface area contributed by atoms with Gasteiger partial charge in [-0.25, -0.2) is 8.78 Å². The van der Waals surface area contributed by atoms with Gasteiger partial charge in [-0.15, -0.1) is 11.3 Å². The molecule has 1 aliphatic rings. The number of thiophene rings is 1. The highest BCUT2D eigenvalue weighted by molar-refractivity contribution is 9.10. The van der Waals surface area contributed by atoms with E-state index in [4.69, 9.17) is 11.6 Å². The van der Waals surface area contributed by atoms with E-state index in [2.05, 4.69) is 26.1 Å². The second kappa shape index (κ2) is 6.93. The number of hydrogen-bond donors (Lipinski definition) is 1. The van der Waals surface area contributed by atoms with Gasteiger partial charge < -0.3 is 5.32 Å². The molecule has 2 nitrogen and oxygen atoms in total. The molecule has 2 heterocycles. The fourth-order valence-electron chi connectivity index (χ4n) is 2.71. The Labute approximate surface area is 145 Å². The third-order valence-corrected chi connectivity index (χ3v) is 5.63. The quantitative estimate of drug-likeness (QED) is 0.757. The number of piperazine rings is 1. The SMILES string of the molecule is Fc1ccc(Br)c(F)c1[C@H](c1ccc(Cl)s1)N1CCNCC1. The van der Waals surface area contributed by atoms with E-state index in [1.165, 1.54) is 23.5 Å². The van der Waals surface area contributed by atoms with Crippen LogP contribution in [0.4, 0.5) is 8.78 Å². The molecule has 0 bridgehead atoms. The van der Waals surface area contributed by atoms with Crippen LogP contribution in [0.5, 0.6) is 0 Å². The molecule has 1 aromatic heterocycles. The van der Waals surface area contributed by atoms with Crippen molar-refractivity contribution in [1.29, 1.82) is 0 Å². The van der Waals surface area contributed by atoms with Crippen LogP contribution >= 0.6 is 38.9 Å². The minimum absolute atomic E-state index is 0.0785. The molecule has 1 fully saturated rings. The van der Waals surface area contributed by atoms with Gasteiger partial charge in [-0.3, -0.25) is 4.90 Å². The fraction of sp³-hybridized carbons (Fsp3) is 0.333. The first kappa shape index (κ1) is 16.3. The van der Waals surface area contributed by atoms with Crippen LogP contribution in [0.15, 0.2) is 28.7 Å². The molecule has 0 spiro atoms. The zero-order valence-corrected chi connectivity index (χ0v) is 14.7. The van der Waals surface area contributed by atoms with Gasteiger partial charge in [-0.05, 0) is 40.2 Å². The highest BCUT2D eigenvalue weighted by atomic mass is 79.9. The van der Waals surface area contributed by atoms with Crippen LogP contribution in [-0.2, 0) is 0 Å². The zero-order chi connectivity index (χ0) is 15.7. The van der Waals surface area contributed by atoms with Crippen LogP contribution in [0.3, 0.4) is 0 Å². The van der Waals surface area contributed by atoms with Gasteiger partial charge >= 0.3 is 0 Å². The summed E-state index contributed by atoms with van der Waals surface area (Å²) in [5, 5.41) is 3.26. The van der Waals surface area contributed by atoms with E-state index in [1.807, 2.05) is 6.07 Å². The number of nitrogens with zero attached hydrogens (tertiary/aromatic N) is 1. The summed E-state index contributed by atoms with van der Waals surface area (Å²) in [5.41, 5.74) is 0.0785. The molecule has 22 heavy (non-hydrogen) atoms. The van der Waals surface area contributed by atoms with E-state index >= 15 is 0 Å². The Morgan fingerprint density at radius 2 is 1.91 bits per heavy atom. The molecule has 0 aliphatic carbocycles. The second-order valence-corrected chi connectivity index (χ2v) is 7.69. The van der Waals surface area contributed by atoms with E-state index in [0.717, 1.165) is 31.1 Å². The maximum atomic E-state index is 14.6. The minimum Gasteiger partial charge on any atom is -0.314 e. The number of halogens is 4. The molecule has 0 radical (unpaired) electrons. The van der Waals surface area contributed by atoms with Crippen molar-refractivity contribution in [2.75, 3.05) is 26.2 Å². The summed E-state index contributed by atoms with van der Waals surface area (Å²) in [6.45, 7) is 3.05. The molecule has 1 aromatic carbocycles. The van der Waals surface area contributed by atoms with Crippen molar-refractivity contribution in [2.24, 2.45) is 0 Å². The summed E-state index contributed by atoms with van der Waals surface area (Å²) in [5.74, 6) is -1.08. The highest BCUT2D eigenvalue weighted by Crippen LogP contribution is 2.39. The number of benzene rings is 1. The first-order valence-electron chi connectivity index (χ1n) is 6.91. The van der Waals surface area contributed by atoms with E-state index in [1.54, 1.807) is 6.07 Å². The molecule has 118 valence electrons. The maximum absolute atomic E-state index is 14.6. The van der Waals surface area contributed by atoms with Gasteiger partial charge in [0.05, 0.1) is 14.9 Å². The van der Waals surface area contributed by atoms with Gasteiger partial charge in [-0.2, -0.15) is 0 Å². The topological polar surface area (TPSA) is 15.3 Å². The van der Waals surface area contributed by atoms with Crippen LogP contribution in [0.1, 0.15) is 16.5 Å². The van der Waals surface area contributed by atoms with Crippen LogP contribution in [-0.4, -0.2) is 31.1 Å². The van der Waals surface area contributed by atoms with Crippen molar-refractivity contribution in [1.82, 2.24) is 10.2 Å². The molecule has 7 heteroatoms. The lowest BCUT2D eigenvalue weighted by atomic mass is 10.0. The summed E-state index contributed by atoms with van der Waals surface area (Å²) in [6.07, 6.45) is 0. The monoisotopic (exact) mass is 406 g/mol. The largest absolute Gasteiger partial charge is 0.314 e. The van der Waals surface area contributed by atoms with Gasteiger partial charge in [0, 0.05) is 36.6 Å².